The number of halogens is 1. The molecule has 0 bridgehead atoms. The van der Waals surface area contributed by atoms with Gasteiger partial charge in [0.25, 0.3) is 5.91 Å². The largest absolute Gasteiger partial charge is 0.496 e. The normalized spacial score (nSPS) is 12.4. The van der Waals surface area contributed by atoms with E-state index in [9.17, 15) is 29.0 Å². The van der Waals surface area contributed by atoms with E-state index < -0.39 is 42.3 Å². The molecule has 0 saturated carbocycles. The summed E-state index contributed by atoms with van der Waals surface area (Å²) in [6.45, 7) is 3.94. The number of benzene rings is 3. The van der Waals surface area contributed by atoms with E-state index in [1.54, 1.807) is 30.3 Å². The average molecular weight is 661 g/mol. The summed E-state index contributed by atoms with van der Waals surface area (Å²) in [5.74, 6) is -2.22. The Morgan fingerprint density at radius 3 is 2.17 bits per heavy atom. The third-order valence-electron chi connectivity index (χ3n) is 8.02. The van der Waals surface area contributed by atoms with Crippen LogP contribution in [0, 0.1) is 5.82 Å². The number of aliphatic hydroxyl groups excluding tert-OH is 2. The fourth-order valence-electron chi connectivity index (χ4n) is 5.91. The number of aromatic nitrogens is 1. The number of aliphatic hydroxyl groups is 2. The first kappa shape index (κ1) is 35.8. The third-order valence-corrected chi connectivity index (χ3v) is 8.02. The number of carboxylic acid groups (broad SMARTS) is 1. The Kier molecular flexibility index (Phi) is 12.1. The molecule has 0 aliphatic heterocycles. The van der Waals surface area contributed by atoms with E-state index in [1.165, 1.54) is 26.4 Å². The van der Waals surface area contributed by atoms with Crippen LogP contribution in [0.3, 0.4) is 0 Å². The summed E-state index contributed by atoms with van der Waals surface area (Å²) >= 11 is 0. The van der Waals surface area contributed by atoms with Crippen LogP contribution in [0.15, 0.2) is 72.8 Å². The molecule has 0 aliphatic rings. The molecule has 1 heterocycles. The van der Waals surface area contributed by atoms with Crippen molar-refractivity contribution in [1.82, 2.24) is 9.88 Å². The van der Waals surface area contributed by atoms with E-state index in [-0.39, 0.29) is 37.4 Å². The summed E-state index contributed by atoms with van der Waals surface area (Å²) in [6, 6.07) is 20.1. The topological polar surface area (TPSA) is 147 Å². The van der Waals surface area contributed by atoms with Crippen LogP contribution >= 0.6 is 0 Å². The first-order chi connectivity index (χ1) is 22.9. The minimum atomic E-state index is -1.22. The van der Waals surface area contributed by atoms with Gasteiger partial charge in [0.15, 0.2) is 0 Å². The summed E-state index contributed by atoms with van der Waals surface area (Å²) in [4.78, 5) is 37.7. The van der Waals surface area contributed by atoms with Crippen molar-refractivity contribution in [1.29, 1.82) is 0 Å². The lowest BCUT2D eigenvalue weighted by molar-refractivity contribution is -0.139. The standard InChI is InChI=1S/C37H41FN2O8/c1-22(2)40-30(16-15-27(41)19-28(42)20-32(43)44)33(25-11-13-26(38)14-12-25)34(24-8-6-5-7-9-24)35(40)36(45)39-21-23-10-17-31(47-3)29(18-23)37(46)48-4/h5-14,17-18,22,27-28,41-42H,15-16,19-21H2,1-4H3,(H,39,45)(H,43,44). The molecule has 254 valence electrons. The average Bonchev–Trinajstić information content (AvgIpc) is 3.41. The third kappa shape index (κ3) is 8.47. The van der Waals surface area contributed by atoms with E-state index in [2.05, 4.69) is 5.32 Å². The van der Waals surface area contributed by atoms with Gasteiger partial charge in [0.1, 0.15) is 22.8 Å². The number of amides is 1. The molecule has 11 heteroatoms. The molecule has 4 aromatic rings. The second-order valence-electron chi connectivity index (χ2n) is 11.8. The quantitative estimate of drug-likeness (QED) is 0.117. The lowest BCUT2D eigenvalue weighted by atomic mass is 9.92. The molecule has 48 heavy (non-hydrogen) atoms. The van der Waals surface area contributed by atoms with Gasteiger partial charge >= 0.3 is 11.9 Å². The molecule has 0 aliphatic carbocycles. The predicted octanol–water partition coefficient (Wildman–Crippen LogP) is 5.79. The van der Waals surface area contributed by atoms with E-state index in [0.717, 1.165) is 5.56 Å². The molecule has 1 amide bonds. The van der Waals surface area contributed by atoms with Crippen LogP contribution in [-0.4, -0.2) is 64.2 Å². The zero-order valence-corrected chi connectivity index (χ0v) is 27.4. The number of rotatable bonds is 15. The first-order valence-electron chi connectivity index (χ1n) is 15.6. The maximum Gasteiger partial charge on any atom is 0.341 e. The minimum Gasteiger partial charge on any atom is -0.496 e. The molecule has 0 spiro atoms. The number of carboxylic acids is 1. The Bertz CT molecular complexity index is 1730. The van der Waals surface area contributed by atoms with Gasteiger partial charge in [-0.15, -0.1) is 0 Å². The molecule has 10 nitrogen and oxygen atoms in total. The molecule has 0 saturated heterocycles. The summed E-state index contributed by atoms with van der Waals surface area (Å²) < 4.78 is 26.2. The number of esters is 1. The van der Waals surface area contributed by atoms with Crippen LogP contribution in [0.25, 0.3) is 22.3 Å². The van der Waals surface area contributed by atoms with Crippen molar-refractivity contribution < 1.29 is 43.6 Å². The molecule has 4 N–H and O–H groups in total. The van der Waals surface area contributed by atoms with Crippen LogP contribution in [-0.2, 0) is 22.5 Å². The van der Waals surface area contributed by atoms with Crippen LogP contribution < -0.4 is 10.1 Å². The smallest absolute Gasteiger partial charge is 0.341 e. The monoisotopic (exact) mass is 660 g/mol. The number of hydrogen-bond donors (Lipinski definition) is 4. The molecule has 2 unspecified atom stereocenters. The van der Waals surface area contributed by atoms with Gasteiger partial charge in [-0.2, -0.15) is 0 Å². The van der Waals surface area contributed by atoms with Crippen molar-refractivity contribution in [2.75, 3.05) is 14.2 Å². The second kappa shape index (κ2) is 16.2. The summed E-state index contributed by atoms with van der Waals surface area (Å²) in [6.07, 6.45) is -2.43. The van der Waals surface area contributed by atoms with Crippen LogP contribution in [0.2, 0.25) is 0 Å². The van der Waals surface area contributed by atoms with Crippen molar-refractivity contribution >= 4 is 17.8 Å². The molecule has 4 rings (SSSR count). The Balaban J connectivity index is 1.83. The van der Waals surface area contributed by atoms with Crippen LogP contribution in [0.4, 0.5) is 4.39 Å². The first-order valence-corrected chi connectivity index (χ1v) is 15.6. The van der Waals surface area contributed by atoms with Crippen LogP contribution in [0.5, 0.6) is 5.75 Å². The van der Waals surface area contributed by atoms with E-state index in [0.29, 0.717) is 39.4 Å². The number of carbonyl (C=O) groups excluding carboxylic acids is 2. The highest BCUT2D eigenvalue weighted by molar-refractivity contribution is 6.05. The number of hydrogen-bond acceptors (Lipinski definition) is 7. The molecule has 0 fully saturated rings. The SMILES string of the molecule is COC(=O)c1cc(CNC(=O)c2c(-c3ccccc3)c(-c3ccc(F)cc3)c(CCC(O)CC(O)CC(=O)O)n2C(C)C)ccc1OC. The Hall–Kier alpha value is -5.00. The zero-order valence-electron chi connectivity index (χ0n) is 27.4. The lowest BCUT2D eigenvalue weighted by Gasteiger charge is -2.20. The summed E-state index contributed by atoms with van der Waals surface area (Å²) in [7, 11) is 2.72. The maximum absolute atomic E-state index is 14.3. The molecule has 1 aromatic heterocycles. The van der Waals surface area contributed by atoms with Gasteiger partial charge in [0, 0.05) is 29.4 Å². The molecule has 2 atom stereocenters. The van der Waals surface area contributed by atoms with Crippen molar-refractivity contribution in [3.8, 4) is 28.0 Å². The molecule has 3 aromatic carbocycles. The van der Waals surface area contributed by atoms with Gasteiger partial charge in [0.05, 0.1) is 32.8 Å². The van der Waals surface area contributed by atoms with Crippen molar-refractivity contribution in [2.45, 2.75) is 64.3 Å². The fraction of sp³-hybridized carbons (Fsp3) is 0.324. The van der Waals surface area contributed by atoms with E-state index in [4.69, 9.17) is 14.6 Å². The van der Waals surface area contributed by atoms with Gasteiger partial charge < -0.3 is 34.7 Å². The van der Waals surface area contributed by atoms with Crippen molar-refractivity contribution in [3.63, 3.8) is 0 Å². The number of aliphatic carboxylic acids is 1. The molecular formula is C37H41FN2O8. The fourth-order valence-corrected chi connectivity index (χ4v) is 5.91. The highest BCUT2D eigenvalue weighted by Crippen LogP contribution is 2.42. The summed E-state index contributed by atoms with van der Waals surface area (Å²) in [5, 5.41) is 33.0. The minimum absolute atomic E-state index is 0.0751. The number of ether oxygens (including phenoxy) is 2. The second-order valence-corrected chi connectivity index (χ2v) is 11.8. The van der Waals surface area contributed by atoms with Gasteiger partial charge in [-0.1, -0.05) is 48.5 Å². The predicted molar refractivity (Wildman–Crippen MR) is 178 cm³/mol. The highest BCUT2D eigenvalue weighted by Gasteiger charge is 2.30. The van der Waals surface area contributed by atoms with Gasteiger partial charge in [-0.25, -0.2) is 9.18 Å². The Morgan fingerprint density at radius 1 is 0.896 bits per heavy atom. The zero-order chi connectivity index (χ0) is 35.0. The number of methoxy groups -OCH3 is 2. The van der Waals surface area contributed by atoms with Gasteiger partial charge in [-0.05, 0) is 74.1 Å². The lowest BCUT2D eigenvalue weighted by Crippen LogP contribution is -2.27. The van der Waals surface area contributed by atoms with Crippen molar-refractivity contribution in [3.05, 3.63) is 101 Å². The molecule has 0 radical (unpaired) electrons. The Morgan fingerprint density at radius 2 is 1.56 bits per heavy atom. The molecular weight excluding hydrogens is 619 g/mol. The van der Waals surface area contributed by atoms with E-state index >= 15 is 0 Å². The van der Waals surface area contributed by atoms with E-state index in [1.807, 2.05) is 48.7 Å². The van der Waals surface area contributed by atoms with Crippen molar-refractivity contribution in [2.24, 2.45) is 0 Å². The number of nitrogens with one attached hydrogen (secondary N) is 1. The van der Waals surface area contributed by atoms with Crippen LogP contribution in [0.1, 0.15) is 71.3 Å². The maximum atomic E-state index is 14.3. The number of nitrogens with zero attached hydrogens (tertiary/aromatic N) is 1. The number of carbonyl (C=O) groups is 3. The van der Waals surface area contributed by atoms with Gasteiger partial charge in [-0.3, -0.25) is 9.59 Å². The van der Waals surface area contributed by atoms with Gasteiger partial charge in [0.2, 0.25) is 0 Å². The summed E-state index contributed by atoms with van der Waals surface area (Å²) in [5.41, 5.74) is 4.64. The Labute approximate surface area is 278 Å². The highest BCUT2D eigenvalue weighted by atomic mass is 19.1.